The maximum Gasteiger partial charge on any atom is 0.0449 e. The van der Waals surface area contributed by atoms with Crippen molar-refractivity contribution in [1.82, 2.24) is 10.2 Å². The minimum absolute atomic E-state index is 0.449. The highest BCUT2D eigenvalue weighted by atomic mass is 15.1. The van der Waals surface area contributed by atoms with Crippen LogP contribution in [0.1, 0.15) is 36.9 Å². The number of nitrogens with one attached hydrogen (secondary N) is 1. The molecule has 1 atom stereocenters. The first-order valence-corrected chi connectivity index (χ1v) is 7.19. The fraction of sp³-hybridized carbons (Fsp3) is 0.625. The molecule has 0 aromatic heterocycles. The summed E-state index contributed by atoms with van der Waals surface area (Å²) in [4.78, 5) is 2.59. The van der Waals surface area contributed by atoms with E-state index in [0.29, 0.717) is 6.04 Å². The van der Waals surface area contributed by atoms with E-state index in [1.165, 1.54) is 30.5 Å². The van der Waals surface area contributed by atoms with Crippen LogP contribution in [0.15, 0.2) is 24.3 Å². The zero-order valence-electron chi connectivity index (χ0n) is 11.9. The summed E-state index contributed by atoms with van der Waals surface area (Å²) in [6.07, 6.45) is 2.87. The Morgan fingerprint density at radius 1 is 1.33 bits per heavy atom. The van der Waals surface area contributed by atoms with Gasteiger partial charge in [0, 0.05) is 19.1 Å². The lowest BCUT2D eigenvalue weighted by atomic mass is 10.0. The molecule has 100 valence electrons. The Bertz CT molecular complexity index is 371. The van der Waals surface area contributed by atoms with Gasteiger partial charge in [-0.25, -0.2) is 0 Å². The lowest BCUT2D eigenvalue weighted by Crippen LogP contribution is -2.35. The van der Waals surface area contributed by atoms with Crippen molar-refractivity contribution in [2.45, 2.75) is 32.7 Å². The van der Waals surface area contributed by atoms with Gasteiger partial charge in [0.15, 0.2) is 0 Å². The molecule has 0 spiro atoms. The smallest absolute Gasteiger partial charge is 0.0449 e. The molecule has 0 saturated heterocycles. The molecule has 2 heteroatoms. The summed E-state index contributed by atoms with van der Waals surface area (Å²) in [5.74, 6) is 0.972. The molecule has 0 amide bonds. The highest BCUT2D eigenvalue weighted by Crippen LogP contribution is 2.30. The van der Waals surface area contributed by atoms with Crippen LogP contribution in [0.3, 0.4) is 0 Å². The van der Waals surface area contributed by atoms with E-state index < -0.39 is 0 Å². The van der Waals surface area contributed by atoms with Crippen LogP contribution < -0.4 is 5.32 Å². The summed E-state index contributed by atoms with van der Waals surface area (Å²) >= 11 is 0. The number of rotatable bonds is 7. The van der Waals surface area contributed by atoms with Gasteiger partial charge in [0.2, 0.25) is 0 Å². The molecule has 0 bridgehead atoms. The van der Waals surface area contributed by atoms with Crippen molar-refractivity contribution in [1.29, 1.82) is 0 Å². The zero-order valence-corrected chi connectivity index (χ0v) is 11.9. The molecule has 2 rings (SSSR count). The summed E-state index contributed by atoms with van der Waals surface area (Å²) < 4.78 is 0. The van der Waals surface area contributed by atoms with Crippen molar-refractivity contribution in [3.05, 3.63) is 35.4 Å². The van der Waals surface area contributed by atoms with Crippen LogP contribution in [0, 0.1) is 12.8 Å². The first-order chi connectivity index (χ1) is 8.74. The number of aryl methyl sites for hydroxylation is 1. The lowest BCUT2D eigenvalue weighted by molar-refractivity contribution is 0.248. The second-order valence-corrected chi connectivity index (χ2v) is 5.49. The molecule has 0 aliphatic heterocycles. The van der Waals surface area contributed by atoms with E-state index in [4.69, 9.17) is 0 Å². The van der Waals surface area contributed by atoms with Gasteiger partial charge in [-0.05, 0) is 50.4 Å². The first kappa shape index (κ1) is 13.6. The summed E-state index contributed by atoms with van der Waals surface area (Å²) in [5, 5.41) is 3.48. The van der Waals surface area contributed by atoms with Crippen LogP contribution in [0.25, 0.3) is 0 Å². The largest absolute Gasteiger partial charge is 0.312 e. The summed E-state index contributed by atoms with van der Waals surface area (Å²) in [6.45, 7) is 8.03. The van der Waals surface area contributed by atoms with Gasteiger partial charge in [0.25, 0.3) is 0 Å². The Morgan fingerprint density at radius 2 is 2.06 bits per heavy atom. The maximum absolute atomic E-state index is 3.48. The van der Waals surface area contributed by atoms with Crippen LogP contribution in [-0.2, 0) is 0 Å². The molecule has 1 saturated carbocycles. The third kappa shape index (κ3) is 3.56. The highest BCUT2D eigenvalue weighted by molar-refractivity contribution is 5.28. The van der Waals surface area contributed by atoms with Gasteiger partial charge in [-0.2, -0.15) is 0 Å². The number of likely N-dealkylation sites (N-methyl/N-ethyl adjacent to an activating group) is 2. The molecule has 1 fully saturated rings. The number of hydrogen-bond donors (Lipinski definition) is 1. The van der Waals surface area contributed by atoms with Crippen LogP contribution in [0.4, 0.5) is 0 Å². The summed E-state index contributed by atoms with van der Waals surface area (Å²) in [6, 6.07) is 9.17. The summed E-state index contributed by atoms with van der Waals surface area (Å²) in [7, 11) is 2.07. The standard InChI is InChI=1S/C16H26N2/c1-4-18(11-14-9-10-14)12-16(17-3)15-8-6-5-7-13(15)2/h5-8,14,16-17H,4,9-12H2,1-3H3. The predicted octanol–water partition coefficient (Wildman–Crippen LogP) is 2.99. The molecule has 1 aliphatic carbocycles. The van der Waals surface area contributed by atoms with E-state index in [1.54, 1.807) is 0 Å². The Morgan fingerprint density at radius 3 is 2.61 bits per heavy atom. The molecule has 1 aliphatic rings. The number of benzene rings is 1. The quantitative estimate of drug-likeness (QED) is 0.795. The topological polar surface area (TPSA) is 15.3 Å². The van der Waals surface area contributed by atoms with Crippen LogP contribution in [-0.4, -0.2) is 31.6 Å². The second kappa shape index (κ2) is 6.35. The Balaban J connectivity index is 2.01. The molecule has 0 radical (unpaired) electrons. The van der Waals surface area contributed by atoms with Gasteiger partial charge < -0.3 is 10.2 Å². The van der Waals surface area contributed by atoms with Gasteiger partial charge >= 0.3 is 0 Å². The molecular formula is C16H26N2. The minimum atomic E-state index is 0.449. The minimum Gasteiger partial charge on any atom is -0.312 e. The Labute approximate surface area is 111 Å². The zero-order chi connectivity index (χ0) is 13.0. The Hall–Kier alpha value is -0.860. The van der Waals surface area contributed by atoms with E-state index in [9.17, 15) is 0 Å². The van der Waals surface area contributed by atoms with Crippen LogP contribution in [0.2, 0.25) is 0 Å². The highest BCUT2D eigenvalue weighted by Gasteiger charge is 2.25. The number of nitrogens with zero attached hydrogens (tertiary/aromatic N) is 1. The maximum atomic E-state index is 3.48. The molecule has 18 heavy (non-hydrogen) atoms. The average Bonchev–Trinajstić information content (AvgIpc) is 3.19. The lowest BCUT2D eigenvalue weighted by Gasteiger charge is -2.27. The average molecular weight is 246 g/mol. The normalized spacial score (nSPS) is 17.1. The van der Waals surface area contributed by atoms with Gasteiger partial charge in [-0.3, -0.25) is 0 Å². The first-order valence-electron chi connectivity index (χ1n) is 7.19. The molecule has 1 unspecified atom stereocenters. The van der Waals surface area contributed by atoms with E-state index in [0.717, 1.165) is 19.0 Å². The van der Waals surface area contributed by atoms with Gasteiger partial charge in [0.05, 0.1) is 0 Å². The van der Waals surface area contributed by atoms with Gasteiger partial charge in [-0.15, -0.1) is 0 Å². The van der Waals surface area contributed by atoms with Crippen molar-refractivity contribution in [2.24, 2.45) is 5.92 Å². The van der Waals surface area contributed by atoms with Crippen molar-refractivity contribution < 1.29 is 0 Å². The van der Waals surface area contributed by atoms with Gasteiger partial charge in [-0.1, -0.05) is 31.2 Å². The molecular weight excluding hydrogens is 220 g/mol. The summed E-state index contributed by atoms with van der Waals surface area (Å²) in [5.41, 5.74) is 2.83. The fourth-order valence-electron chi connectivity index (χ4n) is 2.58. The second-order valence-electron chi connectivity index (χ2n) is 5.49. The van der Waals surface area contributed by atoms with Crippen molar-refractivity contribution in [3.8, 4) is 0 Å². The predicted molar refractivity (Wildman–Crippen MR) is 77.8 cm³/mol. The van der Waals surface area contributed by atoms with E-state index in [1.807, 2.05) is 0 Å². The van der Waals surface area contributed by atoms with E-state index >= 15 is 0 Å². The monoisotopic (exact) mass is 246 g/mol. The third-order valence-corrected chi connectivity index (χ3v) is 4.01. The molecule has 0 heterocycles. The Kier molecular flexibility index (Phi) is 4.79. The van der Waals surface area contributed by atoms with Crippen molar-refractivity contribution >= 4 is 0 Å². The molecule has 1 aromatic carbocycles. The third-order valence-electron chi connectivity index (χ3n) is 4.01. The molecule has 1 N–H and O–H groups in total. The van der Waals surface area contributed by atoms with Crippen molar-refractivity contribution in [2.75, 3.05) is 26.7 Å². The van der Waals surface area contributed by atoms with Crippen LogP contribution in [0.5, 0.6) is 0 Å². The fourth-order valence-corrected chi connectivity index (χ4v) is 2.58. The molecule has 2 nitrogen and oxygen atoms in total. The van der Waals surface area contributed by atoms with Crippen LogP contribution >= 0.6 is 0 Å². The van der Waals surface area contributed by atoms with E-state index in [-0.39, 0.29) is 0 Å². The van der Waals surface area contributed by atoms with Crippen molar-refractivity contribution in [3.63, 3.8) is 0 Å². The van der Waals surface area contributed by atoms with E-state index in [2.05, 4.69) is 55.4 Å². The SMILES string of the molecule is CCN(CC1CC1)CC(NC)c1ccccc1C. The van der Waals surface area contributed by atoms with Gasteiger partial charge in [0.1, 0.15) is 0 Å². The number of hydrogen-bond acceptors (Lipinski definition) is 2. The molecule has 1 aromatic rings.